The number of aromatic nitrogens is 3. The van der Waals surface area contributed by atoms with Crippen molar-refractivity contribution in [1.29, 1.82) is 0 Å². The van der Waals surface area contributed by atoms with Gasteiger partial charge in [0.1, 0.15) is 11.4 Å². The summed E-state index contributed by atoms with van der Waals surface area (Å²) in [6, 6.07) is 11.5. The second-order valence-corrected chi connectivity index (χ2v) is 8.15. The Balaban J connectivity index is 1.73. The molecule has 36 heavy (non-hydrogen) atoms. The number of fused-ring (bicyclic) bond motifs is 1. The minimum Gasteiger partial charge on any atom is -0.462 e. The smallest absolute Gasteiger partial charge is 0.295 e. The van der Waals surface area contributed by atoms with Crippen LogP contribution in [0.4, 0.5) is 11.4 Å². The van der Waals surface area contributed by atoms with E-state index in [9.17, 15) is 14.9 Å². The number of hydrogen-bond acceptors (Lipinski definition) is 9. The van der Waals surface area contributed by atoms with Gasteiger partial charge >= 0.3 is 0 Å². The summed E-state index contributed by atoms with van der Waals surface area (Å²) in [6.07, 6.45) is 4.81. The van der Waals surface area contributed by atoms with Gasteiger partial charge in [-0.05, 0) is 55.3 Å². The van der Waals surface area contributed by atoms with Gasteiger partial charge in [-0.1, -0.05) is 0 Å². The maximum absolute atomic E-state index is 13.4. The summed E-state index contributed by atoms with van der Waals surface area (Å²) in [6.45, 7) is 2.36. The Labute approximate surface area is 203 Å². The van der Waals surface area contributed by atoms with E-state index in [1.807, 2.05) is 25.1 Å². The van der Waals surface area contributed by atoms with Crippen molar-refractivity contribution in [2.45, 2.75) is 13.3 Å². The Hall–Kier alpha value is -4.77. The second kappa shape index (κ2) is 9.47. The standard InChI is InChI=1S/C25H21N5O6/c1-15-9-16(22-13-26-14-36-22)11-17(10-15)23-24-19(5-8-35-24)25(32)29(28-23)21-12-18(27-6-2-7-31)3-4-20(21)30(33)34/h3-5,8-14,27,31H,2,6-7H2,1H3. The number of anilines is 1. The fourth-order valence-electron chi connectivity index (χ4n) is 4.01. The van der Waals surface area contributed by atoms with Gasteiger partial charge in [-0.3, -0.25) is 14.9 Å². The van der Waals surface area contributed by atoms with Gasteiger partial charge in [0.15, 0.2) is 17.7 Å². The molecule has 5 aromatic rings. The molecule has 3 aromatic heterocycles. The van der Waals surface area contributed by atoms with Crippen LogP contribution in [0, 0.1) is 17.0 Å². The third-order valence-corrected chi connectivity index (χ3v) is 5.64. The zero-order valence-corrected chi connectivity index (χ0v) is 19.2. The van der Waals surface area contributed by atoms with E-state index < -0.39 is 10.5 Å². The number of nitrogens with one attached hydrogen (secondary N) is 1. The predicted octanol–water partition coefficient (Wildman–Crippen LogP) is 4.31. The zero-order valence-electron chi connectivity index (χ0n) is 19.2. The van der Waals surface area contributed by atoms with Crippen LogP contribution in [0.15, 0.2) is 74.9 Å². The lowest BCUT2D eigenvalue weighted by Crippen LogP contribution is -2.22. The van der Waals surface area contributed by atoms with Gasteiger partial charge in [-0.15, -0.1) is 0 Å². The van der Waals surface area contributed by atoms with Crippen LogP contribution in [0.5, 0.6) is 0 Å². The zero-order chi connectivity index (χ0) is 25.2. The molecule has 0 fully saturated rings. The Kier molecular flexibility index (Phi) is 6.05. The summed E-state index contributed by atoms with van der Waals surface area (Å²) in [5, 5.41) is 28.8. The Morgan fingerprint density at radius 3 is 2.72 bits per heavy atom. The van der Waals surface area contributed by atoms with Crippen molar-refractivity contribution < 1.29 is 18.9 Å². The molecule has 0 atom stereocenters. The third-order valence-electron chi connectivity index (χ3n) is 5.64. The molecule has 0 saturated heterocycles. The second-order valence-electron chi connectivity index (χ2n) is 8.15. The van der Waals surface area contributed by atoms with E-state index in [1.54, 1.807) is 12.3 Å². The number of rotatable bonds is 8. The number of aryl methyl sites for hydroxylation is 1. The highest BCUT2D eigenvalue weighted by Gasteiger charge is 2.23. The van der Waals surface area contributed by atoms with Crippen molar-refractivity contribution in [3.8, 4) is 28.3 Å². The van der Waals surface area contributed by atoms with Crippen LogP contribution in [0.2, 0.25) is 0 Å². The first kappa shape index (κ1) is 23.0. The Morgan fingerprint density at radius 2 is 1.97 bits per heavy atom. The largest absolute Gasteiger partial charge is 0.462 e. The molecule has 5 rings (SSSR count). The van der Waals surface area contributed by atoms with Crippen LogP contribution in [-0.4, -0.2) is 37.9 Å². The molecule has 182 valence electrons. The molecule has 0 amide bonds. The van der Waals surface area contributed by atoms with Gasteiger partial charge in [0, 0.05) is 36.0 Å². The van der Waals surface area contributed by atoms with Gasteiger partial charge in [-0.2, -0.15) is 9.78 Å². The van der Waals surface area contributed by atoms with Crippen molar-refractivity contribution >= 4 is 22.3 Å². The number of furan rings is 1. The predicted molar refractivity (Wildman–Crippen MR) is 132 cm³/mol. The van der Waals surface area contributed by atoms with E-state index in [1.165, 1.54) is 30.9 Å². The van der Waals surface area contributed by atoms with Crippen LogP contribution < -0.4 is 10.9 Å². The van der Waals surface area contributed by atoms with Gasteiger partial charge in [0.2, 0.25) is 0 Å². The molecule has 0 aliphatic heterocycles. The molecule has 11 nitrogen and oxygen atoms in total. The average Bonchev–Trinajstić information content (AvgIpc) is 3.57. The summed E-state index contributed by atoms with van der Waals surface area (Å²) < 4.78 is 12.1. The van der Waals surface area contributed by atoms with Crippen molar-refractivity contribution in [2.75, 3.05) is 18.5 Å². The molecule has 0 spiro atoms. The summed E-state index contributed by atoms with van der Waals surface area (Å²) >= 11 is 0. The van der Waals surface area contributed by atoms with Crippen LogP contribution in [0.3, 0.4) is 0 Å². The van der Waals surface area contributed by atoms with Crippen LogP contribution in [0.25, 0.3) is 39.2 Å². The number of nitrogens with zero attached hydrogens (tertiary/aromatic N) is 4. The Bertz CT molecular complexity index is 1620. The monoisotopic (exact) mass is 487 g/mol. The van der Waals surface area contributed by atoms with Crippen molar-refractivity contribution in [3.05, 3.63) is 87.3 Å². The molecular formula is C25H21N5O6. The van der Waals surface area contributed by atoms with Crippen LogP contribution in [0.1, 0.15) is 12.0 Å². The molecule has 0 saturated carbocycles. The maximum Gasteiger partial charge on any atom is 0.295 e. The van der Waals surface area contributed by atoms with Crippen LogP contribution in [-0.2, 0) is 0 Å². The minimum absolute atomic E-state index is 0.000910. The molecule has 0 aliphatic carbocycles. The Morgan fingerprint density at radius 1 is 1.14 bits per heavy atom. The molecule has 2 aromatic carbocycles. The molecule has 0 unspecified atom stereocenters. The van der Waals surface area contributed by atoms with Gasteiger partial charge in [0.25, 0.3) is 11.2 Å². The van der Waals surface area contributed by atoms with E-state index in [2.05, 4.69) is 15.4 Å². The lowest BCUT2D eigenvalue weighted by atomic mass is 10.0. The van der Waals surface area contributed by atoms with Crippen LogP contribution >= 0.6 is 0 Å². The summed E-state index contributed by atoms with van der Waals surface area (Å²) in [5.41, 5.74) is 2.62. The first-order valence-electron chi connectivity index (χ1n) is 11.1. The van der Waals surface area contributed by atoms with E-state index in [0.29, 0.717) is 35.7 Å². The quantitative estimate of drug-likeness (QED) is 0.185. The maximum atomic E-state index is 13.4. The highest BCUT2D eigenvalue weighted by Crippen LogP contribution is 2.32. The lowest BCUT2D eigenvalue weighted by molar-refractivity contribution is -0.384. The number of nitro groups is 1. The molecule has 0 aliphatic rings. The number of aliphatic hydroxyl groups excluding tert-OH is 1. The van der Waals surface area contributed by atoms with E-state index >= 15 is 0 Å². The van der Waals surface area contributed by atoms with Gasteiger partial charge in [-0.25, -0.2) is 4.98 Å². The van der Waals surface area contributed by atoms with E-state index in [4.69, 9.17) is 13.9 Å². The third kappa shape index (κ3) is 4.23. The number of hydrogen-bond donors (Lipinski definition) is 2. The first-order valence-corrected chi connectivity index (χ1v) is 11.1. The lowest BCUT2D eigenvalue weighted by Gasteiger charge is -2.12. The van der Waals surface area contributed by atoms with E-state index in [-0.39, 0.29) is 29.0 Å². The van der Waals surface area contributed by atoms with Crippen molar-refractivity contribution in [3.63, 3.8) is 0 Å². The van der Waals surface area contributed by atoms with Gasteiger partial charge < -0.3 is 19.3 Å². The first-order chi connectivity index (χ1) is 17.5. The van der Waals surface area contributed by atoms with E-state index in [0.717, 1.165) is 15.8 Å². The molecule has 0 radical (unpaired) electrons. The highest BCUT2D eigenvalue weighted by molar-refractivity contribution is 5.90. The fraction of sp³-hybridized carbons (Fsp3) is 0.160. The molecule has 11 heteroatoms. The van der Waals surface area contributed by atoms with Crippen molar-refractivity contribution in [2.24, 2.45) is 0 Å². The molecule has 3 heterocycles. The normalized spacial score (nSPS) is 11.2. The number of benzene rings is 2. The minimum atomic E-state index is -0.561. The highest BCUT2D eigenvalue weighted by atomic mass is 16.6. The van der Waals surface area contributed by atoms with Gasteiger partial charge in [0.05, 0.1) is 22.8 Å². The fourth-order valence-corrected chi connectivity index (χ4v) is 4.01. The number of oxazole rings is 1. The number of nitro benzene ring substituents is 1. The summed E-state index contributed by atoms with van der Waals surface area (Å²) in [5.74, 6) is 0.557. The number of aliphatic hydroxyl groups is 1. The topological polar surface area (TPSA) is 149 Å². The van der Waals surface area contributed by atoms with Crippen molar-refractivity contribution in [1.82, 2.24) is 14.8 Å². The molecule has 2 N–H and O–H groups in total. The summed E-state index contributed by atoms with van der Waals surface area (Å²) in [7, 11) is 0. The average molecular weight is 487 g/mol. The molecule has 0 bridgehead atoms. The SMILES string of the molecule is Cc1cc(-c2cnco2)cc(-c2nn(-c3cc(NCCCO)ccc3[N+](=O)[O-])c(=O)c3ccoc23)c1. The summed E-state index contributed by atoms with van der Waals surface area (Å²) in [4.78, 5) is 28.6. The molecular weight excluding hydrogens is 466 g/mol.